The summed E-state index contributed by atoms with van der Waals surface area (Å²) in [6.45, 7) is 3.97. The van der Waals surface area contributed by atoms with Crippen molar-refractivity contribution >= 4 is 28.9 Å². The lowest BCUT2D eigenvalue weighted by molar-refractivity contribution is -0.384. The molecule has 6 nitrogen and oxygen atoms in total. The quantitative estimate of drug-likeness (QED) is 0.652. The van der Waals surface area contributed by atoms with Crippen molar-refractivity contribution in [2.45, 2.75) is 38.5 Å². The molecule has 0 saturated carbocycles. The highest BCUT2D eigenvalue weighted by Gasteiger charge is 2.37. The summed E-state index contributed by atoms with van der Waals surface area (Å²) in [5.74, 6) is -0.122. The van der Waals surface area contributed by atoms with Gasteiger partial charge in [-0.3, -0.25) is 14.9 Å². The van der Waals surface area contributed by atoms with Crippen LogP contribution in [0.1, 0.15) is 25.8 Å². The fourth-order valence-corrected chi connectivity index (χ4v) is 2.86. The molecule has 24 heavy (non-hydrogen) atoms. The summed E-state index contributed by atoms with van der Waals surface area (Å²) in [7, 11) is 0. The van der Waals surface area contributed by atoms with Crippen LogP contribution in [0.5, 0.6) is 0 Å². The SMILES string of the molecule is CC(C)N1C[C@@H](Nc2cc(Cl)c(C(F)(F)F)cc2[N+](=O)[O-])CC1=O. The molecule has 1 heterocycles. The number of alkyl halides is 3. The normalized spacial score (nSPS) is 18.4. The van der Waals surface area contributed by atoms with Crippen molar-refractivity contribution in [3.63, 3.8) is 0 Å². The number of anilines is 1. The molecule has 0 radical (unpaired) electrons. The van der Waals surface area contributed by atoms with Gasteiger partial charge in [0.2, 0.25) is 5.91 Å². The summed E-state index contributed by atoms with van der Waals surface area (Å²) in [6.07, 6.45) is -4.69. The number of carbonyl (C=O) groups excluding carboxylic acids is 1. The van der Waals surface area contributed by atoms with Crippen molar-refractivity contribution in [2.75, 3.05) is 11.9 Å². The average molecular weight is 366 g/mol. The topological polar surface area (TPSA) is 75.5 Å². The van der Waals surface area contributed by atoms with Gasteiger partial charge in [0.05, 0.1) is 21.6 Å². The predicted octanol–water partition coefficient (Wildman–Crippen LogP) is 3.69. The molecule has 1 aromatic carbocycles. The first-order chi connectivity index (χ1) is 11.0. The van der Waals surface area contributed by atoms with Gasteiger partial charge in [-0.1, -0.05) is 11.6 Å². The number of hydrogen-bond donors (Lipinski definition) is 1. The summed E-state index contributed by atoms with van der Waals surface area (Å²) >= 11 is 5.62. The highest BCUT2D eigenvalue weighted by Crippen LogP contribution is 2.40. The molecule has 1 amide bonds. The van der Waals surface area contributed by atoms with E-state index >= 15 is 0 Å². The molecule has 1 saturated heterocycles. The third-order valence-corrected chi connectivity index (χ3v) is 4.04. The highest BCUT2D eigenvalue weighted by molar-refractivity contribution is 6.31. The predicted molar refractivity (Wildman–Crippen MR) is 82.0 cm³/mol. The number of benzene rings is 1. The second kappa shape index (κ2) is 6.46. The van der Waals surface area contributed by atoms with Gasteiger partial charge in [0, 0.05) is 25.1 Å². The van der Waals surface area contributed by atoms with E-state index in [9.17, 15) is 28.1 Å². The minimum absolute atomic E-state index is 0.0320. The van der Waals surface area contributed by atoms with Crippen LogP contribution in [-0.4, -0.2) is 34.4 Å². The second-order valence-corrected chi connectivity index (χ2v) is 6.20. The molecule has 1 N–H and O–H groups in total. The van der Waals surface area contributed by atoms with Gasteiger partial charge < -0.3 is 10.2 Å². The van der Waals surface area contributed by atoms with Crippen molar-refractivity contribution < 1.29 is 22.9 Å². The molecule has 0 aliphatic carbocycles. The Kier molecular flexibility index (Phi) is 4.93. The Labute approximate surface area is 140 Å². The zero-order valence-corrected chi connectivity index (χ0v) is 13.6. The second-order valence-electron chi connectivity index (χ2n) is 5.79. The first-order valence-electron chi connectivity index (χ1n) is 7.11. The van der Waals surface area contributed by atoms with Gasteiger partial charge in [-0.2, -0.15) is 13.2 Å². The fourth-order valence-electron chi connectivity index (χ4n) is 2.59. The molecule has 1 aliphatic rings. The maximum absolute atomic E-state index is 12.8. The number of nitrogens with one attached hydrogen (secondary N) is 1. The van der Waals surface area contributed by atoms with Crippen molar-refractivity contribution in [3.8, 4) is 0 Å². The third kappa shape index (κ3) is 3.72. The average Bonchev–Trinajstić information content (AvgIpc) is 2.77. The standard InChI is InChI=1S/C14H15ClF3N3O3/c1-7(2)20-6-8(3-13(20)22)19-11-5-10(15)9(14(16,17)18)4-12(11)21(23)24/h4-5,7-8,19H,3,6H2,1-2H3/t8-/m0/s1. The van der Waals surface area contributed by atoms with Gasteiger partial charge in [0.1, 0.15) is 5.69 Å². The first-order valence-corrected chi connectivity index (χ1v) is 7.49. The van der Waals surface area contributed by atoms with Crippen LogP contribution in [0.2, 0.25) is 5.02 Å². The van der Waals surface area contributed by atoms with Gasteiger partial charge in [0.25, 0.3) is 5.69 Å². The van der Waals surface area contributed by atoms with Crippen LogP contribution in [0.3, 0.4) is 0 Å². The van der Waals surface area contributed by atoms with Crippen molar-refractivity contribution in [1.29, 1.82) is 0 Å². The molecule has 1 atom stereocenters. The molecule has 132 valence electrons. The summed E-state index contributed by atoms with van der Waals surface area (Å²) in [5.41, 5.74) is -2.14. The molecule has 1 aliphatic heterocycles. The van der Waals surface area contributed by atoms with E-state index in [-0.39, 0.29) is 24.1 Å². The van der Waals surface area contributed by atoms with Crippen LogP contribution in [0.15, 0.2) is 12.1 Å². The summed E-state index contributed by atoms with van der Waals surface area (Å²) in [6, 6.07) is 0.814. The monoisotopic (exact) mass is 365 g/mol. The molecule has 0 bridgehead atoms. The number of nitro benzene ring substituents is 1. The van der Waals surface area contributed by atoms with Gasteiger partial charge in [0.15, 0.2) is 0 Å². The molecule has 10 heteroatoms. The van der Waals surface area contributed by atoms with E-state index in [1.807, 2.05) is 13.8 Å². The van der Waals surface area contributed by atoms with Gasteiger partial charge in [-0.15, -0.1) is 0 Å². The van der Waals surface area contributed by atoms with Crippen LogP contribution in [0, 0.1) is 10.1 Å². The number of amides is 1. The molecule has 0 spiro atoms. The smallest absolute Gasteiger partial charge is 0.374 e. The van der Waals surface area contributed by atoms with Crippen LogP contribution >= 0.6 is 11.6 Å². The minimum Gasteiger partial charge on any atom is -0.374 e. The van der Waals surface area contributed by atoms with Crippen LogP contribution < -0.4 is 5.32 Å². The van der Waals surface area contributed by atoms with E-state index < -0.39 is 33.4 Å². The van der Waals surface area contributed by atoms with Crippen LogP contribution in [0.4, 0.5) is 24.5 Å². The lowest BCUT2D eigenvalue weighted by Crippen LogP contribution is -2.33. The molecule has 0 aromatic heterocycles. The maximum Gasteiger partial charge on any atom is 0.418 e. The van der Waals surface area contributed by atoms with Crippen molar-refractivity contribution in [3.05, 3.63) is 32.8 Å². The zero-order valence-electron chi connectivity index (χ0n) is 12.9. The van der Waals surface area contributed by atoms with Crippen molar-refractivity contribution in [2.24, 2.45) is 0 Å². The van der Waals surface area contributed by atoms with E-state index in [4.69, 9.17) is 11.6 Å². The minimum atomic E-state index is -4.79. The number of rotatable bonds is 4. The van der Waals surface area contributed by atoms with E-state index in [0.717, 1.165) is 6.07 Å². The number of carbonyl (C=O) groups is 1. The Bertz CT molecular complexity index is 679. The number of halogens is 4. The summed E-state index contributed by atoms with van der Waals surface area (Å²) in [5, 5.41) is 13.2. The Morgan fingerprint density at radius 3 is 2.50 bits per heavy atom. The molecule has 0 unspecified atom stereocenters. The molecule has 2 rings (SSSR count). The number of nitro groups is 1. The van der Waals surface area contributed by atoms with Gasteiger partial charge >= 0.3 is 6.18 Å². The summed E-state index contributed by atoms with van der Waals surface area (Å²) in [4.78, 5) is 23.6. The number of likely N-dealkylation sites (tertiary alicyclic amines) is 1. The molecule has 1 fully saturated rings. The maximum atomic E-state index is 12.8. The van der Waals surface area contributed by atoms with Gasteiger partial charge in [-0.05, 0) is 19.9 Å². The van der Waals surface area contributed by atoms with E-state index in [1.165, 1.54) is 0 Å². The van der Waals surface area contributed by atoms with E-state index in [2.05, 4.69) is 5.32 Å². The number of hydrogen-bond acceptors (Lipinski definition) is 4. The highest BCUT2D eigenvalue weighted by atomic mass is 35.5. The number of nitrogens with zero attached hydrogens (tertiary/aromatic N) is 2. The zero-order chi connectivity index (χ0) is 18.2. The van der Waals surface area contributed by atoms with Crippen molar-refractivity contribution in [1.82, 2.24) is 4.90 Å². The molecule has 1 aromatic rings. The fraction of sp³-hybridized carbons (Fsp3) is 0.500. The Balaban J connectivity index is 2.32. The first kappa shape index (κ1) is 18.3. The van der Waals surface area contributed by atoms with Crippen LogP contribution in [-0.2, 0) is 11.0 Å². The van der Waals surface area contributed by atoms with E-state index in [1.54, 1.807) is 4.90 Å². The Hall–Kier alpha value is -2.03. The molecular weight excluding hydrogens is 351 g/mol. The Morgan fingerprint density at radius 2 is 2.04 bits per heavy atom. The van der Waals surface area contributed by atoms with Gasteiger partial charge in [-0.25, -0.2) is 0 Å². The van der Waals surface area contributed by atoms with Crippen LogP contribution in [0.25, 0.3) is 0 Å². The largest absolute Gasteiger partial charge is 0.418 e. The lowest BCUT2D eigenvalue weighted by Gasteiger charge is -2.21. The Morgan fingerprint density at radius 1 is 1.42 bits per heavy atom. The summed E-state index contributed by atoms with van der Waals surface area (Å²) < 4.78 is 38.5. The van der Waals surface area contributed by atoms with E-state index in [0.29, 0.717) is 12.6 Å². The third-order valence-electron chi connectivity index (χ3n) is 3.73. The lowest BCUT2D eigenvalue weighted by atomic mass is 10.1. The molecular formula is C14H15ClF3N3O3.